The van der Waals surface area contributed by atoms with Gasteiger partial charge in [0.25, 0.3) is 0 Å². The van der Waals surface area contributed by atoms with Gasteiger partial charge >= 0.3 is 0 Å². The van der Waals surface area contributed by atoms with E-state index in [0.717, 1.165) is 18.2 Å². The summed E-state index contributed by atoms with van der Waals surface area (Å²) in [7, 11) is -4.01. The number of hydrogen-bond acceptors (Lipinski definition) is 4. The number of amides is 2. The van der Waals surface area contributed by atoms with Crippen molar-refractivity contribution in [2.75, 3.05) is 17.2 Å². The van der Waals surface area contributed by atoms with E-state index in [-0.39, 0.29) is 16.5 Å². The lowest BCUT2D eigenvalue weighted by molar-refractivity contribution is -0.117. The van der Waals surface area contributed by atoms with Gasteiger partial charge in [-0.25, -0.2) is 21.9 Å². The van der Waals surface area contributed by atoms with E-state index in [0.29, 0.717) is 11.3 Å². The Labute approximate surface area is 153 Å². The largest absolute Gasteiger partial charge is 0.325 e. The van der Waals surface area contributed by atoms with Gasteiger partial charge in [-0.2, -0.15) is 0 Å². The molecule has 0 aromatic heterocycles. The number of sulfonamides is 1. The molecule has 7 nitrogen and oxygen atoms in total. The van der Waals surface area contributed by atoms with E-state index in [1.165, 1.54) is 18.2 Å². The minimum absolute atomic E-state index is 0.00552. The summed E-state index contributed by atoms with van der Waals surface area (Å²) in [6, 6.07) is 6.94. The van der Waals surface area contributed by atoms with Gasteiger partial charge in [0.15, 0.2) is 11.6 Å². The fraction of sp³-hybridized carbons (Fsp3) is 0.176. The minimum Gasteiger partial charge on any atom is -0.325 e. The molecule has 27 heavy (non-hydrogen) atoms. The third-order valence-corrected chi connectivity index (χ3v) is 5.48. The first-order valence-electron chi connectivity index (χ1n) is 7.87. The van der Waals surface area contributed by atoms with Crippen LogP contribution in [0.15, 0.2) is 41.3 Å². The molecule has 0 saturated carbocycles. The number of anilines is 2. The molecule has 1 atom stereocenters. The van der Waals surface area contributed by atoms with Gasteiger partial charge in [-0.3, -0.25) is 9.59 Å². The molecule has 3 N–H and O–H groups in total. The highest BCUT2D eigenvalue weighted by atomic mass is 32.2. The Kier molecular flexibility index (Phi) is 4.94. The first-order valence-corrected chi connectivity index (χ1v) is 9.35. The summed E-state index contributed by atoms with van der Waals surface area (Å²) in [5.74, 6) is -3.66. The van der Waals surface area contributed by atoms with Crippen LogP contribution in [-0.4, -0.2) is 26.8 Å². The van der Waals surface area contributed by atoms with Crippen molar-refractivity contribution >= 4 is 33.2 Å². The Bertz CT molecular complexity index is 1040. The molecule has 0 spiro atoms. The lowest BCUT2D eigenvalue weighted by atomic mass is 10.0. The van der Waals surface area contributed by atoms with Crippen molar-refractivity contribution in [1.29, 1.82) is 0 Å². The van der Waals surface area contributed by atoms with Crippen molar-refractivity contribution in [3.05, 3.63) is 53.6 Å². The SMILES string of the molecule is C[C@@H]1C(=O)Nc2ccc(S(=O)(=O)NCC(=O)Nc3ccc(F)c(F)c3)cc21. The Morgan fingerprint density at radius 1 is 1.15 bits per heavy atom. The number of fused-ring (bicyclic) bond motifs is 1. The summed E-state index contributed by atoms with van der Waals surface area (Å²) in [6.07, 6.45) is 0. The second-order valence-corrected chi connectivity index (χ2v) is 7.73. The van der Waals surface area contributed by atoms with Crippen LogP contribution in [-0.2, 0) is 19.6 Å². The van der Waals surface area contributed by atoms with Gasteiger partial charge < -0.3 is 10.6 Å². The third kappa shape index (κ3) is 3.96. The second kappa shape index (κ2) is 7.05. The molecule has 10 heteroatoms. The van der Waals surface area contributed by atoms with E-state index in [2.05, 4.69) is 15.4 Å². The topological polar surface area (TPSA) is 104 Å². The summed E-state index contributed by atoms with van der Waals surface area (Å²) >= 11 is 0. The summed E-state index contributed by atoms with van der Waals surface area (Å²) in [6.45, 7) is 1.05. The molecule has 0 unspecified atom stereocenters. The molecule has 0 aliphatic carbocycles. The molecule has 0 bridgehead atoms. The highest BCUT2D eigenvalue weighted by molar-refractivity contribution is 7.89. The molecule has 1 heterocycles. The minimum atomic E-state index is -4.01. The molecule has 142 valence electrons. The van der Waals surface area contributed by atoms with Crippen molar-refractivity contribution in [3.63, 3.8) is 0 Å². The smallest absolute Gasteiger partial charge is 0.241 e. The van der Waals surface area contributed by atoms with Crippen LogP contribution in [0.3, 0.4) is 0 Å². The van der Waals surface area contributed by atoms with Gasteiger partial charge in [0.1, 0.15) is 0 Å². The molecule has 2 aromatic rings. The van der Waals surface area contributed by atoms with E-state index < -0.39 is 40.0 Å². The Hall–Kier alpha value is -2.85. The Morgan fingerprint density at radius 3 is 2.59 bits per heavy atom. The standard InChI is InChI=1S/C17H15F2N3O4S/c1-9-12-7-11(3-5-15(12)22-17(9)24)27(25,26)20-8-16(23)21-10-2-4-13(18)14(19)6-10/h2-7,9,20H,8H2,1H3,(H,21,23)(H,22,24)/t9-/m0/s1. The Balaban J connectivity index is 1.67. The fourth-order valence-electron chi connectivity index (χ4n) is 2.59. The number of benzene rings is 2. The predicted molar refractivity (Wildman–Crippen MR) is 93.7 cm³/mol. The number of halogens is 2. The molecule has 0 saturated heterocycles. The summed E-state index contributed by atoms with van der Waals surface area (Å²) in [4.78, 5) is 23.4. The monoisotopic (exact) mass is 395 g/mol. The van der Waals surface area contributed by atoms with Crippen LogP contribution in [0.25, 0.3) is 0 Å². The number of rotatable bonds is 5. The van der Waals surface area contributed by atoms with E-state index in [4.69, 9.17) is 0 Å². The van der Waals surface area contributed by atoms with Crippen LogP contribution < -0.4 is 15.4 Å². The highest BCUT2D eigenvalue weighted by Crippen LogP contribution is 2.33. The molecule has 0 fully saturated rings. The fourth-order valence-corrected chi connectivity index (χ4v) is 3.60. The van der Waals surface area contributed by atoms with Crippen LogP contribution in [0.1, 0.15) is 18.4 Å². The zero-order chi connectivity index (χ0) is 19.8. The number of nitrogens with one attached hydrogen (secondary N) is 3. The van der Waals surface area contributed by atoms with E-state index in [1.807, 2.05) is 0 Å². The maximum absolute atomic E-state index is 13.1. The molecule has 2 aromatic carbocycles. The molecule has 3 rings (SSSR count). The zero-order valence-electron chi connectivity index (χ0n) is 14.0. The van der Waals surface area contributed by atoms with Crippen molar-refractivity contribution < 1.29 is 26.8 Å². The van der Waals surface area contributed by atoms with E-state index in [9.17, 15) is 26.8 Å². The lowest BCUT2D eigenvalue weighted by Crippen LogP contribution is -2.33. The highest BCUT2D eigenvalue weighted by Gasteiger charge is 2.28. The number of carbonyl (C=O) groups is 2. The van der Waals surface area contributed by atoms with E-state index in [1.54, 1.807) is 6.92 Å². The van der Waals surface area contributed by atoms with Crippen LogP contribution in [0, 0.1) is 11.6 Å². The first kappa shape index (κ1) is 18.9. The summed E-state index contributed by atoms with van der Waals surface area (Å²) < 4.78 is 52.9. The van der Waals surface area contributed by atoms with Crippen molar-refractivity contribution in [1.82, 2.24) is 4.72 Å². The van der Waals surface area contributed by atoms with Gasteiger partial charge in [0.05, 0.1) is 17.4 Å². The molecule has 1 aliphatic rings. The maximum Gasteiger partial charge on any atom is 0.241 e. The summed E-state index contributed by atoms with van der Waals surface area (Å²) in [5.41, 5.74) is 1.09. The van der Waals surface area contributed by atoms with Crippen molar-refractivity contribution in [3.8, 4) is 0 Å². The zero-order valence-corrected chi connectivity index (χ0v) is 14.9. The van der Waals surface area contributed by atoms with Crippen LogP contribution in [0.5, 0.6) is 0 Å². The van der Waals surface area contributed by atoms with Gasteiger partial charge in [0.2, 0.25) is 21.8 Å². The van der Waals surface area contributed by atoms with Gasteiger partial charge in [0, 0.05) is 17.4 Å². The lowest BCUT2D eigenvalue weighted by Gasteiger charge is -2.10. The normalized spacial score (nSPS) is 16.0. The summed E-state index contributed by atoms with van der Waals surface area (Å²) in [5, 5.41) is 4.90. The predicted octanol–water partition coefficient (Wildman–Crippen LogP) is 1.94. The molecular formula is C17H15F2N3O4S. The Morgan fingerprint density at radius 2 is 1.89 bits per heavy atom. The average molecular weight is 395 g/mol. The van der Waals surface area contributed by atoms with Gasteiger partial charge in [-0.15, -0.1) is 0 Å². The van der Waals surface area contributed by atoms with Gasteiger partial charge in [-0.05, 0) is 42.8 Å². The molecule has 0 radical (unpaired) electrons. The first-order chi connectivity index (χ1) is 12.7. The van der Waals surface area contributed by atoms with Crippen LogP contribution in [0.4, 0.5) is 20.2 Å². The second-order valence-electron chi connectivity index (χ2n) is 5.96. The van der Waals surface area contributed by atoms with Gasteiger partial charge in [-0.1, -0.05) is 0 Å². The van der Waals surface area contributed by atoms with Crippen molar-refractivity contribution in [2.45, 2.75) is 17.7 Å². The number of hydrogen-bond donors (Lipinski definition) is 3. The molecular weight excluding hydrogens is 380 g/mol. The van der Waals surface area contributed by atoms with Crippen molar-refractivity contribution in [2.24, 2.45) is 0 Å². The maximum atomic E-state index is 13.1. The number of carbonyl (C=O) groups excluding carboxylic acids is 2. The van der Waals surface area contributed by atoms with Crippen LogP contribution >= 0.6 is 0 Å². The third-order valence-electron chi connectivity index (χ3n) is 4.08. The van der Waals surface area contributed by atoms with Crippen LogP contribution in [0.2, 0.25) is 0 Å². The quantitative estimate of drug-likeness (QED) is 0.720. The van der Waals surface area contributed by atoms with E-state index >= 15 is 0 Å². The molecule has 2 amide bonds. The average Bonchev–Trinajstić information content (AvgIpc) is 2.90. The molecule has 1 aliphatic heterocycles.